The van der Waals surface area contributed by atoms with Crippen molar-refractivity contribution in [2.75, 3.05) is 11.9 Å². The Morgan fingerprint density at radius 2 is 2.00 bits per heavy atom. The summed E-state index contributed by atoms with van der Waals surface area (Å²) in [6, 6.07) is 6.28. The highest BCUT2D eigenvalue weighted by Crippen LogP contribution is 2.32. The Kier molecular flexibility index (Phi) is 4.28. The van der Waals surface area contributed by atoms with Crippen molar-refractivity contribution in [1.82, 2.24) is 9.97 Å². The van der Waals surface area contributed by atoms with Crippen molar-refractivity contribution >= 4 is 33.7 Å². The van der Waals surface area contributed by atoms with Gasteiger partial charge in [0.15, 0.2) is 5.13 Å². The molecule has 0 spiro atoms. The summed E-state index contributed by atoms with van der Waals surface area (Å²) in [5.41, 5.74) is 4.24. The summed E-state index contributed by atoms with van der Waals surface area (Å²) in [7, 11) is 1.75. The van der Waals surface area contributed by atoms with Crippen LogP contribution in [0.1, 0.15) is 26.5 Å². The fraction of sp³-hybridized carbons (Fsp3) is 0.235. The van der Waals surface area contributed by atoms with Gasteiger partial charge in [-0.3, -0.25) is 9.69 Å². The van der Waals surface area contributed by atoms with Gasteiger partial charge in [-0.05, 0) is 26.3 Å². The fourth-order valence-corrected chi connectivity index (χ4v) is 4.12. The molecule has 4 nitrogen and oxygen atoms in total. The average molecular weight is 343 g/mol. The van der Waals surface area contributed by atoms with Crippen LogP contribution in [0.4, 0.5) is 5.13 Å². The van der Waals surface area contributed by atoms with Gasteiger partial charge in [0.1, 0.15) is 9.88 Å². The van der Waals surface area contributed by atoms with Crippen LogP contribution in [0.15, 0.2) is 29.8 Å². The van der Waals surface area contributed by atoms with Crippen LogP contribution < -0.4 is 4.90 Å². The first-order valence-corrected chi connectivity index (χ1v) is 8.89. The van der Waals surface area contributed by atoms with E-state index in [0.717, 1.165) is 16.3 Å². The number of amides is 1. The van der Waals surface area contributed by atoms with E-state index < -0.39 is 0 Å². The van der Waals surface area contributed by atoms with Gasteiger partial charge >= 0.3 is 0 Å². The van der Waals surface area contributed by atoms with Crippen LogP contribution in [0.3, 0.4) is 0 Å². The third kappa shape index (κ3) is 3.04. The zero-order valence-electron chi connectivity index (χ0n) is 13.5. The van der Waals surface area contributed by atoms with Gasteiger partial charge < -0.3 is 0 Å². The minimum Gasteiger partial charge on any atom is -0.286 e. The molecule has 2 aromatic heterocycles. The zero-order valence-corrected chi connectivity index (χ0v) is 15.1. The summed E-state index contributed by atoms with van der Waals surface area (Å²) in [6.45, 7) is 6.02. The second kappa shape index (κ2) is 6.22. The van der Waals surface area contributed by atoms with E-state index in [-0.39, 0.29) is 5.91 Å². The van der Waals surface area contributed by atoms with Crippen LogP contribution in [0.2, 0.25) is 0 Å². The third-order valence-corrected chi connectivity index (χ3v) is 5.64. The number of hydrogen-bond donors (Lipinski definition) is 0. The molecule has 2 heterocycles. The van der Waals surface area contributed by atoms with Gasteiger partial charge in [-0.15, -0.1) is 22.7 Å². The largest absolute Gasteiger partial charge is 0.286 e. The van der Waals surface area contributed by atoms with Gasteiger partial charge in [0.2, 0.25) is 0 Å². The number of hydrogen-bond acceptors (Lipinski definition) is 5. The van der Waals surface area contributed by atoms with Crippen LogP contribution in [-0.2, 0) is 0 Å². The molecule has 1 amide bonds. The SMILES string of the molecule is Cc1ccc(-c2nc(C)c(C(=O)N(C)c3nccs3)s2)c(C)c1. The predicted octanol–water partition coefficient (Wildman–Crippen LogP) is 4.47. The molecule has 0 unspecified atom stereocenters. The summed E-state index contributed by atoms with van der Waals surface area (Å²) in [5.74, 6) is -0.0639. The Bertz CT molecular complexity index is 853. The van der Waals surface area contributed by atoms with Crippen LogP contribution >= 0.6 is 22.7 Å². The smallest absolute Gasteiger partial charge is 0.271 e. The van der Waals surface area contributed by atoms with Crippen LogP contribution in [0, 0.1) is 20.8 Å². The quantitative estimate of drug-likeness (QED) is 0.705. The Balaban J connectivity index is 1.96. The molecule has 23 heavy (non-hydrogen) atoms. The lowest BCUT2D eigenvalue weighted by Gasteiger charge is -2.12. The van der Waals surface area contributed by atoms with Crippen LogP contribution in [-0.4, -0.2) is 22.9 Å². The fourth-order valence-electron chi connectivity index (χ4n) is 2.38. The maximum atomic E-state index is 12.7. The molecule has 0 aliphatic heterocycles. The molecule has 0 atom stereocenters. The molecule has 0 saturated heterocycles. The van der Waals surface area contributed by atoms with Crippen molar-refractivity contribution in [3.63, 3.8) is 0 Å². The standard InChI is InChI=1S/C17H17N3OS2/c1-10-5-6-13(11(2)9-10)15-19-12(3)14(23-15)16(21)20(4)17-18-7-8-22-17/h5-9H,1-4H3. The molecular formula is C17H17N3OS2. The number of nitrogens with zero attached hydrogens (tertiary/aromatic N) is 3. The molecular weight excluding hydrogens is 326 g/mol. The zero-order chi connectivity index (χ0) is 16.6. The van der Waals surface area contributed by atoms with Gasteiger partial charge in [-0.1, -0.05) is 23.8 Å². The Hall–Kier alpha value is -2.05. The summed E-state index contributed by atoms with van der Waals surface area (Å²) in [4.78, 5) is 23.8. The summed E-state index contributed by atoms with van der Waals surface area (Å²) < 4.78 is 0. The minimum absolute atomic E-state index is 0.0639. The number of aromatic nitrogens is 2. The highest BCUT2D eigenvalue weighted by atomic mass is 32.1. The predicted molar refractivity (Wildman–Crippen MR) is 96.6 cm³/mol. The molecule has 3 rings (SSSR count). The van der Waals surface area contributed by atoms with Crippen LogP contribution in [0.5, 0.6) is 0 Å². The van der Waals surface area contributed by atoms with Gasteiger partial charge in [0, 0.05) is 24.2 Å². The molecule has 3 aromatic rings. The lowest BCUT2D eigenvalue weighted by Crippen LogP contribution is -2.25. The summed E-state index contributed by atoms with van der Waals surface area (Å²) >= 11 is 2.89. The molecule has 0 radical (unpaired) electrons. The molecule has 0 bridgehead atoms. The van der Waals surface area contributed by atoms with E-state index in [4.69, 9.17) is 0 Å². The van der Waals surface area contributed by atoms with Gasteiger partial charge in [-0.2, -0.15) is 0 Å². The first-order valence-electron chi connectivity index (χ1n) is 7.20. The number of carbonyl (C=O) groups excluding carboxylic acids is 1. The van der Waals surface area contributed by atoms with Crippen molar-refractivity contribution in [3.8, 4) is 10.6 Å². The maximum absolute atomic E-state index is 12.7. The van der Waals surface area contributed by atoms with E-state index in [1.54, 1.807) is 18.1 Å². The number of anilines is 1. The summed E-state index contributed by atoms with van der Waals surface area (Å²) in [6.07, 6.45) is 1.70. The van der Waals surface area contributed by atoms with E-state index in [9.17, 15) is 4.79 Å². The van der Waals surface area contributed by atoms with E-state index in [1.807, 2.05) is 12.3 Å². The number of benzene rings is 1. The first kappa shape index (κ1) is 15.8. The molecule has 0 N–H and O–H groups in total. The van der Waals surface area contributed by atoms with E-state index in [0.29, 0.717) is 10.0 Å². The van der Waals surface area contributed by atoms with Gasteiger partial charge in [0.05, 0.1) is 5.69 Å². The number of carbonyl (C=O) groups is 1. The second-order valence-electron chi connectivity index (χ2n) is 5.43. The van der Waals surface area contributed by atoms with Crippen molar-refractivity contribution in [2.24, 2.45) is 0 Å². The first-order chi connectivity index (χ1) is 11.0. The monoisotopic (exact) mass is 343 g/mol. The van der Waals surface area contributed by atoms with Crippen molar-refractivity contribution < 1.29 is 4.79 Å². The second-order valence-corrected chi connectivity index (χ2v) is 7.30. The molecule has 0 fully saturated rings. The normalized spacial score (nSPS) is 10.8. The van der Waals surface area contributed by atoms with Crippen molar-refractivity contribution in [2.45, 2.75) is 20.8 Å². The Morgan fingerprint density at radius 3 is 2.65 bits per heavy atom. The molecule has 0 aliphatic rings. The Morgan fingerprint density at radius 1 is 1.22 bits per heavy atom. The lowest BCUT2D eigenvalue weighted by molar-refractivity contribution is 0.0996. The Labute approximate surface area is 143 Å². The number of aryl methyl sites for hydroxylation is 3. The van der Waals surface area contributed by atoms with Gasteiger partial charge in [0.25, 0.3) is 5.91 Å². The van der Waals surface area contributed by atoms with Crippen molar-refractivity contribution in [3.05, 3.63) is 51.5 Å². The highest BCUT2D eigenvalue weighted by Gasteiger charge is 2.22. The number of rotatable bonds is 3. The molecule has 6 heteroatoms. The van der Waals surface area contributed by atoms with E-state index in [2.05, 4.69) is 42.0 Å². The van der Waals surface area contributed by atoms with E-state index in [1.165, 1.54) is 33.8 Å². The highest BCUT2D eigenvalue weighted by molar-refractivity contribution is 7.17. The molecule has 0 aliphatic carbocycles. The lowest BCUT2D eigenvalue weighted by atomic mass is 10.1. The maximum Gasteiger partial charge on any atom is 0.271 e. The van der Waals surface area contributed by atoms with Crippen LogP contribution in [0.25, 0.3) is 10.6 Å². The molecule has 1 aromatic carbocycles. The third-order valence-electron chi connectivity index (χ3n) is 3.61. The minimum atomic E-state index is -0.0639. The van der Waals surface area contributed by atoms with Gasteiger partial charge in [-0.25, -0.2) is 9.97 Å². The molecule has 118 valence electrons. The summed E-state index contributed by atoms with van der Waals surface area (Å²) in [5, 5.41) is 3.44. The molecule has 0 saturated carbocycles. The van der Waals surface area contributed by atoms with Crippen molar-refractivity contribution in [1.29, 1.82) is 0 Å². The number of thiazole rings is 2. The topological polar surface area (TPSA) is 46.1 Å². The average Bonchev–Trinajstić information content (AvgIpc) is 3.15. The van der Waals surface area contributed by atoms with E-state index >= 15 is 0 Å².